The fraction of sp³-hybridized carbons (Fsp3) is 0.105. The molecule has 0 saturated heterocycles. The fourth-order valence-electron chi connectivity index (χ4n) is 2.63. The first-order valence-electron chi connectivity index (χ1n) is 8.40. The number of hydrogen-bond acceptors (Lipinski definition) is 6. The van der Waals surface area contributed by atoms with Crippen LogP contribution in [0.2, 0.25) is 0 Å². The number of primary sulfonamides is 1. The third-order valence-corrected chi connectivity index (χ3v) is 4.97. The minimum absolute atomic E-state index is 0.0668. The Hall–Kier alpha value is -3.50. The topological polar surface area (TPSA) is 133 Å². The average Bonchev–Trinajstić information content (AvgIpc) is 2.69. The summed E-state index contributed by atoms with van der Waals surface area (Å²) in [6, 6.07) is 13.9. The largest absolute Gasteiger partial charge is 0.496 e. The van der Waals surface area contributed by atoms with Gasteiger partial charge in [0.15, 0.2) is 0 Å². The van der Waals surface area contributed by atoms with E-state index in [1.54, 1.807) is 18.2 Å². The van der Waals surface area contributed by atoms with E-state index in [1.807, 2.05) is 6.07 Å². The zero-order valence-electron chi connectivity index (χ0n) is 15.4. The molecule has 2 aromatic carbocycles. The Balaban J connectivity index is 1.73. The number of sulfonamides is 1. The number of amides is 1. The second-order valence-corrected chi connectivity index (χ2v) is 7.62. The van der Waals surface area contributed by atoms with E-state index in [0.717, 1.165) is 4.57 Å². The molecule has 1 aromatic heterocycles. The lowest BCUT2D eigenvalue weighted by Gasteiger charge is -2.10. The Morgan fingerprint density at radius 3 is 2.48 bits per heavy atom. The molecule has 0 unspecified atom stereocenters. The van der Waals surface area contributed by atoms with E-state index in [4.69, 9.17) is 9.88 Å². The molecule has 0 atom stereocenters. The number of methoxy groups -OCH3 is 1. The minimum Gasteiger partial charge on any atom is -0.496 e. The number of nitrogens with zero attached hydrogens (tertiary/aromatic N) is 2. The van der Waals surface area contributed by atoms with Crippen LogP contribution < -0.4 is 20.8 Å². The van der Waals surface area contributed by atoms with Crippen molar-refractivity contribution in [2.75, 3.05) is 12.4 Å². The lowest BCUT2D eigenvalue weighted by molar-refractivity contribution is -0.116. The van der Waals surface area contributed by atoms with E-state index in [9.17, 15) is 18.0 Å². The summed E-state index contributed by atoms with van der Waals surface area (Å²) in [7, 11) is -2.28. The van der Waals surface area contributed by atoms with E-state index < -0.39 is 21.5 Å². The molecule has 3 N–H and O–H groups in total. The lowest BCUT2D eigenvalue weighted by Crippen LogP contribution is -2.27. The molecule has 0 fully saturated rings. The van der Waals surface area contributed by atoms with Crippen LogP contribution in [0.4, 0.5) is 5.69 Å². The number of carbonyl (C=O) groups is 1. The molecule has 0 saturated carbocycles. The summed E-state index contributed by atoms with van der Waals surface area (Å²) in [6.07, 6.45) is 1.29. The molecule has 9 nitrogen and oxygen atoms in total. The Kier molecular flexibility index (Phi) is 5.76. The van der Waals surface area contributed by atoms with Crippen molar-refractivity contribution in [3.63, 3.8) is 0 Å². The van der Waals surface area contributed by atoms with Gasteiger partial charge in [0.1, 0.15) is 12.3 Å². The highest BCUT2D eigenvalue weighted by Crippen LogP contribution is 2.26. The van der Waals surface area contributed by atoms with Crippen LogP contribution in [0.1, 0.15) is 0 Å². The molecule has 29 heavy (non-hydrogen) atoms. The Morgan fingerprint density at radius 1 is 1.17 bits per heavy atom. The first kappa shape index (κ1) is 20.2. The van der Waals surface area contributed by atoms with Crippen LogP contribution in [0.15, 0.2) is 70.6 Å². The van der Waals surface area contributed by atoms with Crippen molar-refractivity contribution in [3.8, 4) is 17.0 Å². The number of nitrogens with two attached hydrogens (primary N) is 1. The summed E-state index contributed by atoms with van der Waals surface area (Å²) in [4.78, 5) is 28.8. The van der Waals surface area contributed by atoms with Crippen molar-refractivity contribution in [1.82, 2.24) is 9.55 Å². The van der Waals surface area contributed by atoms with Gasteiger partial charge in [-0.1, -0.05) is 12.1 Å². The van der Waals surface area contributed by atoms with Crippen molar-refractivity contribution < 1.29 is 17.9 Å². The van der Waals surface area contributed by atoms with Crippen LogP contribution in [-0.2, 0) is 21.4 Å². The van der Waals surface area contributed by atoms with Crippen LogP contribution in [0.25, 0.3) is 11.3 Å². The summed E-state index contributed by atoms with van der Waals surface area (Å²) in [6.45, 7) is -0.255. The van der Waals surface area contributed by atoms with Crippen LogP contribution in [-0.4, -0.2) is 31.0 Å². The number of para-hydroxylation sites is 1. The number of hydrogen-bond donors (Lipinski definition) is 2. The number of benzene rings is 2. The van der Waals surface area contributed by atoms with Crippen molar-refractivity contribution >= 4 is 21.6 Å². The summed E-state index contributed by atoms with van der Waals surface area (Å²) in [5, 5.41) is 7.61. The lowest BCUT2D eigenvalue weighted by atomic mass is 10.1. The minimum atomic E-state index is -3.81. The van der Waals surface area contributed by atoms with Gasteiger partial charge in [0.05, 0.1) is 24.0 Å². The Morgan fingerprint density at radius 2 is 1.86 bits per heavy atom. The van der Waals surface area contributed by atoms with Gasteiger partial charge in [-0.05, 0) is 36.4 Å². The standard InChI is InChI=1S/C19H18N4O5S/c1-28-17-5-3-2-4-15(17)16-10-19(25)23(12-21-16)11-18(24)22-13-6-8-14(9-7-13)29(20,26)27/h2-10,12H,11H2,1H3,(H,22,24)(H2,20,26,27). The molecule has 3 rings (SSSR count). The number of rotatable bonds is 6. The maximum atomic E-state index is 12.4. The maximum absolute atomic E-state index is 12.4. The molecule has 0 aliphatic heterocycles. The second-order valence-electron chi connectivity index (χ2n) is 6.06. The van der Waals surface area contributed by atoms with E-state index in [-0.39, 0.29) is 11.4 Å². The van der Waals surface area contributed by atoms with Gasteiger partial charge in [0, 0.05) is 17.3 Å². The van der Waals surface area contributed by atoms with Crippen LogP contribution in [0, 0.1) is 0 Å². The molecule has 0 aliphatic rings. The third-order valence-electron chi connectivity index (χ3n) is 4.04. The normalized spacial score (nSPS) is 11.1. The van der Waals surface area contributed by atoms with E-state index in [1.165, 1.54) is 43.8 Å². The fourth-order valence-corrected chi connectivity index (χ4v) is 3.15. The van der Waals surface area contributed by atoms with Gasteiger partial charge in [-0.15, -0.1) is 0 Å². The van der Waals surface area contributed by atoms with Gasteiger partial charge in [-0.2, -0.15) is 0 Å². The smallest absolute Gasteiger partial charge is 0.254 e. The molecule has 0 spiro atoms. The van der Waals surface area contributed by atoms with Crippen molar-refractivity contribution in [3.05, 3.63) is 71.3 Å². The summed E-state index contributed by atoms with van der Waals surface area (Å²) < 4.78 is 28.9. The first-order chi connectivity index (χ1) is 13.8. The number of anilines is 1. The van der Waals surface area contributed by atoms with Crippen LogP contribution in [0.3, 0.4) is 0 Å². The summed E-state index contributed by atoms with van der Waals surface area (Å²) in [5.74, 6) is 0.111. The quantitative estimate of drug-likeness (QED) is 0.623. The molecule has 3 aromatic rings. The van der Waals surface area contributed by atoms with Gasteiger partial charge >= 0.3 is 0 Å². The monoisotopic (exact) mass is 414 g/mol. The highest BCUT2D eigenvalue weighted by molar-refractivity contribution is 7.89. The SMILES string of the molecule is COc1ccccc1-c1cc(=O)n(CC(=O)Nc2ccc(S(N)(=O)=O)cc2)cn1. The van der Waals surface area contributed by atoms with Gasteiger partial charge in [-0.3, -0.25) is 14.2 Å². The Labute approximate surface area is 166 Å². The molecule has 150 valence electrons. The highest BCUT2D eigenvalue weighted by Gasteiger charge is 2.11. The van der Waals surface area contributed by atoms with E-state index >= 15 is 0 Å². The molecule has 1 heterocycles. The molecule has 1 amide bonds. The molecular formula is C19H18N4O5S. The maximum Gasteiger partial charge on any atom is 0.254 e. The molecule has 0 bridgehead atoms. The van der Waals surface area contributed by atoms with Gasteiger partial charge < -0.3 is 10.1 Å². The van der Waals surface area contributed by atoms with Crippen molar-refractivity contribution in [2.24, 2.45) is 5.14 Å². The van der Waals surface area contributed by atoms with Crippen LogP contribution in [0.5, 0.6) is 5.75 Å². The van der Waals surface area contributed by atoms with E-state index in [0.29, 0.717) is 22.7 Å². The number of carbonyl (C=O) groups excluding carboxylic acids is 1. The molecular weight excluding hydrogens is 396 g/mol. The number of ether oxygens (including phenoxy) is 1. The Bertz CT molecular complexity index is 1200. The van der Waals surface area contributed by atoms with Gasteiger partial charge in [0.2, 0.25) is 15.9 Å². The number of nitrogens with one attached hydrogen (secondary N) is 1. The second kappa shape index (κ2) is 8.25. The predicted octanol–water partition coefficient (Wildman–Crippen LogP) is 1.20. The van der Waals surface area contributed by atoms with Crippen LogP contribution >= 0.6 is 0 Å². The summed E-state index contributed by atoms with van der Waals surface area (Å²) in [5.41, 5.74) is 1.07. The average molecular weight is 414 g/mol. The van der Waals surface area contributed by atoms with Gasteiger partial charge in [0.25, 0.3) is 5.56 Å². The van der Waals surface area contributed by atoms with Crippen molar-refractivity contribution in [2.45, 2.75) is 11.4 Å². The zero-order chi connectivity index (χ0) is 21.0. The third kappa shape index (κ3) is 4.86. The van der Waals surface area contributed by atoms with Crippen molar-refractivity contribution in [1.29, 1.82) is 0 Å². The molecule has 0 aliphatic carbocycles. The van der Waals surface area contributed by atoms with Gasteiger partial charge in [-0.25, -0.2) is 18.5 Å². The number of aromatic nitrogens is 2. The zero-order valence-corrected chi connectivity index (χ0v) is 16.2. The highest BCUT2D eigenvalue weighted by atomic mass is 32.2. The molecule has 0 radical (unpaired) electrons. The predicted molar refractivity (Wildman–Crippen MR) is 107 cm³/mol. The summed E-state index contributed by atoms with van der Waals surface area (Å²) >= 11 is 0. The first-order valence-corrected chi connectivity index (χ1v) is 9.95. The van der Waals surface area contributed by atoms with E-state index in [2.05, 4.69) is 10.3 Å². The molecule has 10 heteroatoms.